The molecule has 5 rings (SSSR count). The number of carbonyl (C=O) groups excluding carboxylic acids is 2. The third-order valence-electron chi connectivity index (χ3n) is 9.08. The lowest BCUT2D eigenvalue weighted by molar-refractivity contribution is -0.157. The quantitative estimate of drug-likeness (QED) is 0.374. The Hall–Kier alpha value is -2.89. The van der Waals surface area contributed by atoms with Crippen LogP contribution in [0.3, 0.4) is 0 Å². The number of ether oxygens (including phenoxy) is 3. The van der Waals surface area contributed by atoms with Crippen molar-refractivity contribution in [3.8, 4) is 18.1 Å². The highest BCUT2D eigenvalue weighted by molar-refractivity contribution is 5.91. The average molecular weight is 483 g/mol. The van der Waals surface area contributed by atoms with Crippen molar-refractivity contribution in [3.05, 3.63) is 29.3 Å². The molecule has 8 nitrogen and oxygen atoms in total. The van der Waals surface area contributed by atoms with E-state index in [9.17, 15) is 19.5 Å². The summed E-state index contributed by atoms with van der Waals surface area (Å²) in [4.78, 5) is 35.9. The van der Waals surface area contributed by atoms with Crippen LogP contribution in [0.15, 0.2) is 18.2 Å². The van der Waals surface area contributed by atoms with Crippen LogP contribution in [-0.4, -0.2) is 46.1 Å². The van der Waals surface area contributed by atoms with E-state index in [0.29, 0.717) is 29.9 Å². The molecule has 0 spiro atoms. The summed E-state index contributed by atoms with van der Waals surface area (Å²) in [5.74, 6) is 1.36. The van der Waals surface area contributed by atoms with Gasteiger partial charge in [-0.25, -0.2) is 4.79 Å². The van der Waals surface area contributed by atoms with Crippen LogP contribution in [0.1, 0.15) is 68.9 Å². The molecule has 6 atom stereocenters. The molecule has 186 valence electrons. The molecule has 8 heteroatoms. The summed E-state index contributed by atoms with van der Waals surface area (Å²) in [6, 6.07) is 5.62. The number of fused-ring (bicyclic) bond motifs is 5. The van der Waals surface area contributed by atoms with E-state index in [2.05, 4.69) is 12.8 Å². The maximum Gasteiger partial charge on any atom is 0.341 e. The van der Waals surface area contributed by atoms with Gasteiger partial charge in [0.25, 0.3) is 0 Å². The van der Waals surface area contributed by atoms with Crippen LogP contribution in [0.2, 0.25) is 0 Å². The zero-order chi connectivity index (χ0) is 25.0. The number of benzene rings is 1. The zero-order valence-corrected chi connectivity index (χ0v) is 19.7. The molecule has 1 aliphatic heterocycles. The molecule has 0 amide bonds. The lowest BCUT2D eigenvalue weighted by Gasteiger charge is -2.52. The Bertz CT molecular complexity index is 1120. The van der Waals surface area contributed by atoms with Crippen LogP contribution >= 0.6 is 0 Å². The van der Waals surface area contributed by atoms with Gasteiger partial charge in [0.15, 0.2) is 12.4 Å². The van der Waals surface area contributed by atoms with Crippen molar-refractivity contribution < 1.29 is 38.8 Å². The molecule has 1 aromatic carbocycles. The van der Waals surface area contributed by atoms with Gasteiger partial charge in [-0.2, -0.15) is 0 Å². The van der Waals surface area contributed by atoms with Crippen LogP contribution in [0.4, 0.5) is 0 Å². The third-order valence-corrected chi connectivity index (χ3v) is 9.08. The smallest absolute Gasteiger partial charge is 0.341 e. The molecule has 3 fully saturated rings. The van der Waals surface area contributed by atoms with Gasteiger partial charge in [0.1, 0.15) is 11.4 Å². The van der Waals surface area contributed by atoms with E-state index < -0.39 is 42.0 Å². The Labute approximate surface area is 203 Å². The Morgan fingerprint density at radius 1 is 1.23 bits per heavy atom. The molecule has 1 saturated heterocycles. The maximum absolute atomic E-state index is 12.6. The van der Waals surface area contributed by atoms with Crippen molar-refractivity contribution in [2.75, 3.05) is 6.79 Å². The first-order valence-electron chi connectivity index (χ1n) is 12.2. The number of aryl methyl sites for hydroxylation is 1. The molecule has 4 aliphatic rings. The van der Waals surface area contributed by atoms with Gasteiger partial charge in [-0.3, -0.25) is 9.59 Å². The van der Waals surface area contributed by atoms with Gasteiger partial charge in [-0.05, 0) is 79.5 Å². The van der Waals surface area contributed by atoms with E-state index in [4.69, 9.17) is 25.7 Å². The molecule has 0 radical (unpaired) electrons. The van der Waals surface area contributed by atoms with Gasteiger partial charge in [-0.15, -0.1) is 6.42 Å². The van der Waals surface area contributed by atoms with E-state index in [1.54, 1.807) is 6.07 Å². The van der Waals surface area contributed by atoms with E-state index in [0.717, 1.165) is 37.7 Å². The first-order valence-corrected chi connectivity index (χ1v) is 12.2. The molecule has 0 aromatic heterocycles. The monoisotopic (exact) mass is 482 g/mol. The molecular weight excluding hydrogens is 452 g/mol. The zero-order valence-electron chi connectivity index (χ0n) is 19.7. The Morgan fingerprint density at radius 3 is 2.71 bits per heavy atom. The molecular formula is C27H30O8. The molecule has 2 N–H and O–H groups in total. The van der Waals surface area contributed by atoms with Crippen LogP contribution < -0.4 is 4.74 Å². The Kier molecular flexibility index (Phi) is 5.69. The summed E-state index contributed by atoms with van der Waals surface area (Å²) in [6.45, 7) is 1.76. The summed E-state index contributed by atoms with van der Waals surface area (Å²) in [5, 5.41) is 20.2. The number of hydrogen-bond acceptors (Lipinski definition) is 7. The number of aliphatic carboxylic acids is 1. The normalized spacial score (nSPS) is 37.4. The summed E-state index contributed by atoms with van der Waals surface area (Å²) < 4.78 is 15.4. The maximum atomic E-state index is 12.6. The second kappa shape index (κ2) is 8.35. The van der Waals surface area contributed by atoms with Crippen molar-refractivity contribution >= 4 is 17.9 Å². The predicted octanol–water partition coefficient (Wildman–Crippen LogP) is 2.95. The van der Waals surface area contributed by atoms with Crippen LogP contribution in [-0.2, 0) is 30.3 Å². The summed E-state index contributed by atoms with van der Waals surface area (Å²) in [7, 11) is 0. The van der Waals surface area contributed by atoms with Gasteiger partial charge >= 0.3 is 17.9 Å². The van der Waals surface area contributed by atoms with Crippen molar-refractivity contribution in [3.63, 3.8) is 0 Å². The lowest BCUT2D eigenvalue weighted by Crippen LogP contribution is -2.50. The standard InChI is InChI=1S/C27H30O8/c1-3-27(32)11-9-21-20-6-4-16-12-17(5-7-18(16)19(20)8-10-25(21,27)2)35-23(30)14-26(13-22(28)29)24(31)33-15-34-26/h1,5,7,12,19-21,32H,4,6,8-11,13-15H2,2H3,(H,28,29)/t19?,20?,21?,25-,26?,27-/m0/s1. The Balaban J connectivity index is 1.31. The molecule has 0 bridgehead atoms. The van der Waals surface area contributed by atoms with Crippen molar-refractivity contribution in [1.29, 1.82) is 0 Å². The fourth-order valence-corrected chi connectivity index (χ4v) is 7.22. The molecule has 1 aromatic rings. The second-order valence-corrected chi connectivity index (χ2v) is 10.7. The van der Waals surface area contributed by atoms with Gasteiger partial charge < -0.3 is 24.4 Å². The predicted molar refractivity (Wildman–Crippen MR) is 122 cm³/mol. The lowest BCUT2D eigenvalue weighted by atomic mass is 9.53. The number of hydrogen-bond donors (Lipinski definition) is 2. The number of terminal acetylenes is 1. The minimum atomic E-state index is -1.86. The van der Waals surface area contributed by atoms with E-state index in [1.165, 1.54) is 5.56 Å². The largest absolute Gasteiger partial charge is 0.481 e. The highest BCUT2D eigenvalue weighted by Gasteiger charge is 2.61. The SMILES string of the molecule is C#C[C@]1(O)CCC2C3CCc4cc(OC(=O)CC5(CC(=O)O)OCOC5=O)ccc4C3CC[C@@]21C. The first kappa shape index (κ1) is 23.8. The third kappa shape index (κ3) is 3.73. The van der Waals surface area contributed by atoms with Gasteiger partial charge in [-0.1, -0.05) is 18.9 Å². The van der Waals surface area contributed by atoms with Crippen LogP contribution in [0.5, 0.6) is 5.75 Å². The minimum Gasteiger partial charge on any atom is -0.481 e. The number of rotatable bonds is 5. The molecule has 2 saturated carbocycles. The number of carboxylic acid groups (broad SMARTS) is 1. The van der Waals surface area contributed by atoms with E-state index >= 15 is 0 Å². The summed E-state index contributed by atoms with van der Waals surface area (Å²) >= 11 is 0. The van der Waals surface area contributed by atoms with Crippen LogP contribution in [0.25, 0.3) is 0 Å². The minimum absolute atomic E-state index is 0.259. The fraction of sp³-hybridized carbons (Fsp3) is 0.593. The molecule has 3 aliphatic carbocycles. The fourth-order valence-electron chi connectivity index (χ4n) is 7.22. The summed E-state index contributed by atoms with van der Waals surface area (Å²) in [6.07, 6.45) is 9.75. The van der Waals surface area contributed by atoms with Crippen molar-refractivity contribution in [2.45, 2.75) is 75.4 Å². The first-order chi connectivity index (χ1) is 16.6. The topological polar surface area (TPSA) is 119 Å². The number of carbonyl (C=O) groups is 3. The molecule has 1 heterocycles. The number of cyclic esters (lactones) is 1. The van der Waals surface area contributed by atoms with Crippen molar-refractivity contribution in [1.82, 2.24) is 0 Å². The van der Waals surface area contributed by atoms with Gasteiger partial charge in [0.2, 0.25) is 0 Å². The highest BCUT2D eigenvalue weighted by Crippen LogP contribution is 2.64. The van der Waals surface area contributed by atoms with Gasteiger partial charge in [0.05, 0.1) is 12.8 Å². The van der Waals surface area contributed by atoms with Gasteiger partial charge in [0, 0.05) is 5.41 Å². The molecule has 35 heavy (non-hydrogen) atoms. The van der Waals surface area contributed by atoms with E-state index in [-0.39, 0.29) is 12.2 Å². The average Bonchev–Trinajstić information content (AvgIpc) is 3.29. The highest BCUT2D eigenvalue weighted by atomic mass is 16.7. The van der Waals surface area contributed by atoms with E-state index in [1.807, 2.05) is 12.1 Å². The molecule has 4 unspecified atom stereocenters. The summed E-state index contributed by atoms with van der Waals surface area (Å²) in [5.41, 5.74) is -0.771. The van der Waals surface area contributed by atoms with Crippen molar-refractivity contribution in [2.24, 2.45) is 17.3 Å². The Morgan fingerprint density at radius 2 is 2.03 bits per heavy atom. The number of aliphatic hydroxyl groups is 1. The number of carboxylic acids is 1. The van der Waals surface area contributed by atoms with Crippen LogP contribution in [0, 0.1) is 29.6 Å². The number of esters is 2. The second-order valence-electron chi connectivity index (χ2n) is 10.7.